The Balaban J connectivity index is 2.20. The normalized spacial score (nSPS) is 10.5. The van der Waals surface area contributed by atoms with Crippen molar-refractivity contribution in [1.29, 1.82) is 0 Å². The van der Waals surface area contributed by atoms with Crippen molar-refractivity contribution in [2.24, 2.45) is 0 Å². The number of Topliss-reactive ketones (excluding diaryl/α,β-unsaturated/α-hetero) is 1. The standard InChI is InChI=1S/C15H11BrF2O/c1-9-2-4-11(8-12(9)16)15(19)7-10-3-5-13(17)14(18)6-10/h2-6,8H,7H2,1H3. The maximum absolute atomic E-state index is 13.1. The van der Waals surface area contributed by atoms with E-state index < -0.39 is 11.6 Å². The molecule has 0 spiro atoms. The summed E-state index contributed by atoms with van der Waals surface area (Å²) in [4.78, 5) is 12.0. The van der Waals surface area contributed by atoms with Gasteiger partial charge in [-0.15, -0.1) is 0 Å². The largest absolute Gasteiger partial charge is 0.294 e. The first kappa shape index (κ1) is 13.9. The van der Waals surface area contributed by atoms with Gasteiger partial charge in [-0.05, 0) is 36.2 Å². The lowest BCUT2D eigenvalue weighted by atomic mass is 10.0. The van der Waals surface area contributed by atoms with Gasteiger partial charge in [0.2, 0.25) is 0 Å². The molecule has 0 amide bonds. The highest BCUT2D eigenvalue weighted by molar-refractivity contribution is 9.10. The maximum atomic E-state index is 13.1. The van der Waals surface area contributed by atoms with Crippen LogP contribution in [-0.4, -0.2) is 5.78 Å². The van der Waals surface area contributed by atoms with E-state index in [1.54, 1.807) is 12.1 Å². The Morgan fingerprint density at radius 1 is 1.11 bits per heavy atom. The molecule has 2 aromatic rings. The number of carbonyl (C=O) groups excluding carboxylic acids is 1. The topological polar surface area (TPSA) is 17.1 Å². The predicted molar refractivity (Wildman–Crippen MR) is 73.3 cm³/mol. The Labute approximate surface area is 118 Å². The Morgan fingerprint density at radius 2 is 1.84 bits per heavy atom. The van der Waals surface area contributed by atoms with Crippen LogP contribution in [0.4, 0.5) is 8.78 Å². The number of hydrogen-bond donors (Lipinski definition) is 0. The Bertz CT molecular complexity index is 638. The summed E-state index contributed by atoms with van der Waals surface area (Å²) in [5.41, 5.74) is 2.03. The zero-order chi connectivity index (χ0) is 14.0. The second-order valence-electron chi connectivity index (χ2n) is 4.31. The molecular weight excluding hydrogens is 314 g/mol. The lowest BCUT2D eigenvalue weighted by Crippen LogP contribution is -2.04. The molecule has 4 heteroatoms. The number of hydrogen-bond acceptors (Lipinski definition) is 1. The molecule has 0 saturated heterocycles. The molecular formula is C15H11BrF2O. The molecule has 0 N–H and O–H groups in total. The summed E-state index contributed by atoms with van der Waals surface area (Å²) in [7, 11) is 0. The summed E-state index contributed by atoms with van der Waals surface area (Å²) in [5, 5.41) is 0. The minimum Gasteiger partial charge on any atom is -0.294 e. The van der Waals surface area contributed by atoms with Gasteiger partial charge in [0.15, 0.2) is 17.4 Å². The molecule has 0 radical (unpaired) electrons. The van der Waals surface area contributed by atoms with Gasteiger partial charge in [0.25, 0.3) is 0 Å². The fourth-order valence-electron chi connectivity index (χ4n) is 1.70. The highest BCUT2D eigenvalue weighted by Crippen LogP contribution is 2.19. The van der Waals surface area contributed by atoms with E-state index in [-0.39, 0.29) is 12.2 Å². The molecule has 0 fully saturated rings. The lowest BCUT2D eigenvalue weighted by Gasteiger charge is -2.04. The molecule has 0 unspecified atom stereocenters. The summed E-state index contributed by atoms with van der Waals surface area (Å²) >= 11 is 3.36. The molecule has 1 nitrogen and oxygen atoms in total. The smallest absolute Gasteiger partial charge is 0.167 e. The van der Waals surface area contributed by atoms with E-state index in [1.807, 2.05) is 13.0 Å². The van der Waals surface area contributed by atoms with E-state index in [4.69, 9.17) is 0 Å². The van der Waals surface area contributed by atoms with Gasteiger partial charge in [-0.2, -0.15) is 0 Å². The van der Waals surface area contributed by atoms with E-state index in [0.29, 0.717) is 11.1 Å². The zero-order valence-electron chi connectivity index (χ0n) is 10.2. The lowest BCUT2D eigenvalue weighted by molar-refractivity contribution is 0.0993. The van der Waals surface area contributed by atoms with Gasteiger partial charge in [0.1, 0.15) is 0 Å². The van der Waals surface area contributed by atoms with E-state index in [2.05, 4.69) is 15.9 Å². The van der Waals surface area contributed by atoms with Crippen molar-refractivity contribution in [3.05, 3.63) is 69.2 Å². The molecule has 0 aliphatic rings. The van der Waals surface area contributed by atoms with Gasteiger partial charge < -0.3 is 0 Å². The molecule has 0 bridgehead atoms. The first-order valence-corrected chi connectivity index (χ1v) is 6.50. The summed E-state index contributed by atoms with van der Waals surface area (Å²) in [6.45, 7) is 1.92. The number of carbonyl (C=O) groups is 1. The summed E-state index contributed by atoms with van der Waals surface area (Å²) in [6, 6.07) is 8.79. The van der Waals surface area contributed by atoms with Crippen LogP contribution in [0.2, 0.25) is 0 Å². The Kier molecular flexibility index (Phi) is 4.10. The van der Waals surface area contributed by atoms with E-state index in [0.717, 1.165) is 22.2 Å². The molecule has 0 aliphatic carbocycles. The van der Waals surface area contributed by atoms with Crippen LogP contribution in [0, 0.1) is 18.6 Å². The van der Waals surface area contributed by atoms with Crippen LogP contribution < -0.4 is 0 Å². The highest BCUT2D eigenvalue weighted by atomic mass is 79.9. The quantitative estimate of drug-likeness (QED) is 0.762. The third kappa shape index (κ3) is 3.26. The SMILES string of the molecule is Cc1ccc(C(=O)Cc2ccc(F)c(F)c2)cc1Br. The van der Waals surface area contributed by atoms with E-state index >= 15 is 0 Å². The fourth-order valence-corrected chi connectivity index (χ4v) is 2.08. The first-order valence-electron chi connectivity index (χ1n) is 5.70. The molecule has 98 valence electrons. The van der Waals surface area contributed by atoms with Crippen LogP contribution in [0.15, 0.2) is 40.9 Å². The Hall–Kier alpha value is -1.55. The molecule has 2 aromatic carbocycles. The van der Waals surface area contributed by atoms with E-state index in [1.165, 1.54) is 6.07 Å². The third-order valence-electron chi connectivity index (χ3n) is 2.84. The van der Waals surface area contributed by atoms with Crippen molar-refractivity contribution >= 4 is 21.7 Å². The average Bonchev–Trinajstić information content (AvgIpc) is 2.37. The number of halogens is 3. The summed E-state index contributed by atoms with van der Waals surface area (Å²) in [6.07, 6.45) is 0.0483. The van der Waals surface area contributed by atoms with Crippen LogP contribution in [0.3, 0.4) is 0 Å². The zero-order valence-corrected chi connectivity index (χ0v) is 11.8. The minimum atomic E-state index is -0.935. The fraction of sp³-hybridized carbons (Fsp3) is 0.133. The average molecular weight is 325 g/mol. The van der Waals surface area contributed by atoms with Crippen LogP contribution in [0.1, 0.15) is 21.5 Å². The van der Waals surface area contributed by atoms with Crippen molar-refractivity contribution in [1.82, 2.24) is 0 Å². The monoisotopic (exact) mass is 324 g/mol. The molecule has 0 atom stereocenters. The maximum Gasteiger partial charge on any atom is 0.167 e. The van der Waals surface area contributed by atoms with Crippen molar-refractivity contribution in [3.8, 4) is 0 Å². The van der Waals surface area contributed by atoms with Crippen molar-refractivity contribution < 1.29 is 13.6 Å². The second kappa shape index (κ2) is 5.61. The molecule has 0 aromatic heterocycles. The van der Waals surface area contributed by atoms with Gasteiger partial charge in [0, 0.05) is 16.5 Å². The summed E-state index contributed by atoms with van der Waals surface area (Å²) in [5.74, 6) is -1.98. The predicted octanol–water partition coefficient (Wildman–Crippen LogP) is 4.46. The molecule has 19 heavy (non-hydrogen) atoms. The van der Waals surface area contributed by atoms with Gasteiger partial charge in [0.05, 0.1) is 0 Å². The molecule has 2 rings (SSSR count). The number of aryl methyl sites for hydroxylation is 1. The van der Waals surface area contributed by atoms with E-state index in [9.17, 15) is 13.6 Å². The van der Waals surface area contributed by atoms with Crippen molar-refractivity contribution in [3.63, 3.8) is 0 Å². The van der Waals surface area contributed by atoms with Crippen molar-refractivity contribution in [2.45, 2.75) is 13.3 Å². The van der Waals surface area contributed by atoms with Crippen LogP contribution in [0.5, 0.6) is 0 Å². The number of benzene rings is 2. The van der Waals surface area contributed by atoms with Crippen LogP contribution >= 0.6 is 15.9 Å². The van der Waals surface area contributed by atoms with Gasteiger partial charge in [-0.25, -0.2) is 8.78 Å². The Morgan fingerprint density at radius 3 is 2.47 bits per heavy atom. The van der Waals surface area contributed by atoms with Crippen LogP contribution in [0.25, 0.3) is 0 Å². The van der Waals surface area contributed by atoms with Crippen molar-refractivity contribution in [2.75, 3.05) is 0 Å². The number of ketones is 1. The third-order valence-corrected chi connectivity index (χ3v) is 3.70. The minimum absolute atomic E-state index is 0.0483. The molecule has 0 saturated carbocycles. The van der Waals surface area contributed by atoms with Gasteiger partial charge in [-0.1, -0.05) is 34.1 Å². The molecule has 0 heterocycles. The molecule has 0 aliphatic heterocycles. The summed E-state index contributed by atoms with van der Waals surface area (Å²) < 4.78 is 26.7. The second-order valence-corrected chi connectivity index (χ2v) is 5.17. The highest BCUT2D eigenvalue weighted by Gasteiger charge is 2.10. The van der Waals surface area contributed by atoms with Gasteiger partial charge >= 0.3 is 0 Å². The van der Waals surface area contributed by atoms with Gasteiger partial charge in [-0.3, -0.25) is 4.79 Å². The van der Waals surface area contributed by atoms with Crippen LogP contribution in [-0.2, 0) is 6.42 Å². The number of rotatable bonds is 3. The first-order chi connectivity index (χ1) is 8.97.